The van der Waals surface area contributed by atoms with Gasteiger partial charge in [0.25, 0.3) is 0 Å². The number of thioether (sulfide) groups is 1. The minimum absolute atomic E-state index is 0.119. The van der Waals surface area contributed by atoms with Crippen LogP contribution in [-0.2, 0) is 18.3 Å². The van der Waals surface area contributed by atoms with Crippen LogP contribution >= 0.6 is 23.1 Å². The zero-order valence-corrected chi connectivity index (χ0v) is 17.8. The summed E-state index contributed by atoms with van der Waals surface area (Å²) in [5.41, 5.74) is 1.26. The predicted octanol–water partition coefficient (Wildman–Crippen LogP) is 3.72. The molecule has 0 aliphatic heterocycles. The second kappa shape index (κ2) is 10.6. The van der Waals surface area contributed by atoms with E-state index in [-0.39, 0.29) is 5.41 Å². The number of thiazole rings is 1. The molecule has 26 heavy (non-hydrogen) atoms. The first-order valence-corrected chi connectivity index (χ1v) is 11.2. The Morgan fingerprint density at radius 3 is 2.65 bits per heavy atom. The van der Waals surface area contributed by atoms with Crippen molar-refractivity contribution in [3.05, 3.63) is 40.2 Å². The van der Waals surface area contributed by atoms with Gasteiger partial charge in [-0.1, -0.05) is 20.8 Å². The van der Waals surface area contributed by atoms with Gasteiger partial charge in [-0.3, -0.25) is 4.99 Å². The zero-order valence-electron chi connectivity index (χ0n) is 16.2. The molecule has 2 aromatic rings. The molecule has 7 heteroatoms. The molecule has 0 aliphatic carbocycles. The summed E-state index contributed by atoms with van der Waals surface area (Å²) in [7, 11) is 0. The van der Waals surface area contributed by atoms with E-state index in [9.17, 15) is 0 Å². The standard InChI is InChI=1S/C19H30N4OS2/c1-19(2,3)17-23-15(14-26-17)7-9-20-18(22-11-13-25-4)21-10-8-16-6-5-12-24-16/h5-6,12,14H,7-11,13H2,1-4H3,(H2,20,21,22). The zero-order chi connectivity index (χ0) is 18.8. The van der Waals surface area contributed by atoms with E-state index in [0.717, 1.165) is 55.6 Å². The van der Waals surface area contributed by atoms with Crippen LogP contribution in [0.15, 0.2) is 33.2 Å². The molecule has 0 aromatic carbocycles. The second-order valence-corrected chi connectivity index (χ2v) is 8.89. The van der Waals surface area contributed by atoms with Crippen LogP contribution in [0.1, 0.15) is 37.2 Å². The number of aromatic nitrogens is 1. The molecular weight excluding hydrogens is 364 g/mol. The van der Waals surface area contributed by atoms with E-state index in [1.54, 1.807) is 29.4 Å². The summed E-state index contributed by atoms with van der Waals surface area (Å²) in [5, 5.41) is 10.2. The molecule has 0 amide bonds. The fraction of sp³-hybridized carbons (Fsp3) is 0.579. The normalized spacial score (nSPS) is 12.4. The fourth-order valence-corrected chi connectivity index (χ4v) is 3.47. The van der Waals surface area contributed by atoms with E-state index < -0.39 is 0 Å². The number of nitrogens with one attached hydrogen (secondary N) is 2. The van der Waals surface area contributed by atoms with E-state index in [2.05, 4.69) is 48.0 Å². The third kappa shape index (κ3) is 7.41. The summed E-state index contributed by atoms with van der Waals surface area (Å²) in [4.78, 5) is 9.39. The topological polar surface area (TPSA) is 62.5 Å². The Bertz CT molecular complexity index is 659. The van der Waals surface area contributed by atoms with Gasteiger partial charge in [0.15, 0.2) is 5.96 Å². The van der Waals surface area contributed by atoms with Gasteiger partial charge in [-0.15, -0.1) is 11.3 Å². The number of hydrogen-bond acceptors (Lipinski definition) is 5. The molecule has 2 aromatic heterocycles. The van der Waals surface area contributed by atoms with E-state index in [1.807, 2.05) is 12.1 Å². The lowest BCUT2D eigenvalue weighted by Crippen LogP contribution is -2.39. The second-order valence-electron chi connectivity index (χ2n) is 7.05. The molecule has 2 N–H and O–H groups in total. The molecular formula is C19H30N4OS2. The Hall–Kier alpha value is -1.47. The summed E-state index contributed by atoms with van der Waals surface area (Å²) >= 11 is 3.55. The predicted molar refractivity (Wildman–Crippen MR) is 114 cm³/mol. The van der Waals surface area contributed by atoms with Crippen LogP contribution in [0.4, 0.5) is 0 Å². The van der Waals surface area contributed by atoms with Gasteiger partial charge in [0.1, 0.15) is 5.76 Å². The number of guanidine groups is 1. The van der Waals surface area contributed by atoms with Crippen molar-refractivity contribution in [3.8, 4) is 0 Å². The van der Waals surface area contributed by atoms with Crippen molar-refractivity contribution in [1.82, 2.24) is 15.6 Å². The maximum Gasteiger partial charge on any atom is 0.191 e. The van der Waals surface area contributed by atoms with Crippen LogP contribution in [0.3, 0.4) is 0 Å². The van der Waals surface area contributed by atoms with Crippen LogP contribution < -0.4 is 10.6 Å². The molecule has 144 valence electrons. The van der Waals surface area contributed by atoms with Crippen molar-refractivity contribution in [1.29, 1.82) is 0 Å². The van der Waals surface area contributed by atoms with Crippen LogP contribution in [0.25, 0.3) is 0 Å². The van der Waals surface area contributed by atoms with Crippen molar-refractivity contribution < 1.29 is 4.42 Å². The maximum absolute atomic E-state index is 5.37. The van der Waals surface area contributed by atoms with Gasteiger partial charge in [0.05, 0.1) is 23.5 Å². The molecule has 0 atom stereocenters. The van der Waals surface area contributed by atoms with Crippen LogP contribution in [-0.4, -0.2) is 42.6 Å². The average Bonchev–Trinajstić information content (AvgIpc) is 3.25. The third-order valence-corrected chi connectivity index (χ3v) is 5.58. The van der Waals surface area contributed by atoms with Gasteiger partial charge < -0.3 is 15.1 Å². The highest BCUT2D eigenvalue weighted by molar-refractivity contribution is 7.98. The summed E-state index contributed by atoms with van der Waals surface area (Å²) in [5.74, 6) is 2.86. The summed E-state index contributed by atoms with van der Waals surface area (Å²) in [6, 6.07) is 3.91. The van der Waals surface area contributed by atoms with E-state index in [1.165, 1.54) is 5.01 Å². The highest BCUT2D eigenvalue weighted by Gasteiger charge is 2.17. The monoisotopic (exact) mass is 394 g/mol. The fourth-order valence-electron chi connectivity index (χ4n) is 2.26. The Morgan fingerprint density at radius 2 is 2.04 bits per heavy atom. The lowest BCUT2D eigenvalue weighted by molar-refractivity contribution is 0.506. The number of hydrogen-bond donors (Lipinski definition) is 2. The molecule has 5 nitrogen and oxygen atoms in total. The maximum atomic E-state index is 5.37. The van der Waals surface area contributed by atoms with Crippen LogP contribution in [0, 0.1) is 0 Å². The van der Waals surface area contributed by atoms with Crippen molar-refractivity contribution in [3.63, 3.8) is 0 Å². The van der Waals surface area contributed by atoms with Crippen molar-refractivity contribution in [2.24, 2.45) is 4.99 Å². The first-order chi connectivity index (χ1) is 12.5. The lowest BCUT2D eigenvalue weighted by atomic mass is 9.98. The molecule has 0 aliphatic rings. The van der Waals surface area contributed by atoms with Gasteiger partial charge in [0, 0.05) is 42.5 Å². The van der Waals surface area contributed by atoms with E-state index in [4.69, 9.17) is 9.40 Å². The Kier molecular flexibility index (Phi) is 8.51. The molecule has 2 heterocycles. The van der Waals surface area contributed by atoms with E-state index >= 15 is 0 Å². The molecule has 0 fully saturated rings. The molecule has 0 saturated heterocycles. The molecule has 0 radical (unpaired) electrons. The summed E-state index contributed by atoms with van der Waals surface area (Å²) < 4.78 is 5.37. The van der Waals surface area contributed by atoms with Crippen molar-refractivity contribution in [2.75, 3.05) is 31.6 Å². The number of nitrogens with zero attached hydrogens (tertiary/aromatic N) is 2. The van der Waals surface area contributed by atoms with Crippen molar-refractivity contribution >= 4 is 29.1 Å². The smallest absolute Gasteiger partial charge is 0.191 e. The number of rotatable bonds is 9. The van der Waals surface area contributed by atoms with Crippen molar-refractivity contribution in [2.45, 2.75) is 39.0 Å². The molecule has 0 spiro atoms. The average molecular weight is 395 g/mol. The minimum Gasteiger partial charge on any atom is -0.469 e. The number of aliphatic imine (C=N–C) groups is 1. The Balaban J connectivity index is 1.79. The molecule has 0 bridgehead atoms. The number of furan rings is 1. The van der Waals surface area contributed by atoms with Gasteiger partial charge in [-0.05, 0) is 18.4 Å². The molecule has 0 unspecified atom stereocenters. The van der Waals surface area contributed by atoms with E-state index in [0.29, 0.717) is 0 Å². The summed E-state index contributed by atoms with van der Waals surface area (Å²) in [6.07, 6.45) is 5.55. The van der Waals surface area contributed by atoms with Gasteiger partial charge in [-0.25, -0.2) is 4.98 Å². The van der Waals surface area contributed by atoms with Crippen LogP contribution in [0.5, 0.6) is 0 Å². The highest BCUT2D eigenvalue weighted by Crippen LogP contribution is 2.25. The quantitative estimate of drug-likeness (QED) is 0.386. The lowest BCUT2D eigenvalue weighted by Gasteiger charge is -2.14. The third-order valence-electron chi connectivity index (χ3n) is 3.68. The first kappa shape index (κ1) is 20.8. The van der Waals surface area contributed by atoms with Gasteiger partial charge in [-0.2, -0.15) is 11.8 Å². The summed E-state index contributed by atoms with van der Waals surface area (Å²) in [6.45, 7) is 9.03. The highest BCUT2D eigenvalue weighted by atomic mass is 32.2. The Labute approximate surface area is 165 Å². The molecule has 2 rings (SSSR count). The van der Waals surface area contributed by atoms with Gasteiger partial charge in [0.2, 0.25) is 0 Å². The Morgan fingerprint density at radius 1 is 1.27 bits per heavy atom. The van der Waals surface area contributed by atoms with Crippen LogP contribution in [0.2, 0.25) is 0 Å². The minimum atomic E-state index is 0.119. The molecule has 0 saturated carbocycles. The van der Waals surface area contributed by atoms with Gasteiger partial charge >= 0.3 is 0 Å². The largest absolute Gasteiger partial charge is 0.469 e. The SMILES string of the molecule is CSCCN=C(NCCc1csc(C(C)(C)C)n1)NCCc1ccco1. The first-order valence-electron chi connectivity index (χ1n) is 8.97.